The molecule has 0 aliphatic heterocycles. The van der Waals surface area contributed by atoms with E-state index in [4.69, 9.17) is 11.5 Å². The van der Waals surface area contributed by atoms with Gasteiger partial charge in [0.2, 0.25) is 0 Å². The minimum absolute atomic E-state index is 0.159. The lowest BCUT2D eigenvalue weighted by atomic mass is 10.0. The molecule has 2 atom stereocenters. The summed E-state index contributed by atoms with van der Waals surface area (Å²) in [6.07, 6.45) is 0. The molecule has 0 bridgehead atoms. The molecule has 0 saturated heterocycles. The predicted octanol–water partition coefficient (Wildman–Crippen LogP) is 3.46. The Bertz CT molecular complexity index is 437. The molecule has 0 saturated carbocycles. The van der Waals surface area contributed by atoms with Gasteiger partial charge in [-0.1, -0.05) is 67.6 Å². The van der Waals surface area contributed by atoms with E-state index in [0.717, 1.165) is 6.54 Å². The van der Waals surface area contributed by atoms with Gasteiger partial charge in [-0.05, 0) is 30.5 Å². The van der Waals surface area contributed by atoms with Crippen LogP contribution in [0.1, 0.15) is 36.9 Å². The Labute approximate surface area is 116 Å². The summed E-state index contributed by atoms with van der Waals surface area (Å²) in [4.78, 5) is 0. The number of hydrogen-bond donors (Lipinski definition) is 2. The van der Waals surface area contributed by atoms with Gasteiger partial charge in [-0.3, -0.25) is 0 Å². The zero-order valence-corrected chi connectivity index (χ0v) is 11.8. The van der Waals surface area contributed by atoms with Crippen molar-refractivity contribution in [1.82, 2.24) is 0 Å². The molecule has 0 amide bonds. The first-order valence-corrected chi connectivity index (χ1v) is 6.70. The molecule has 2 unspecified atom stereocenters. The van der Waals surface area contributed by atoms with Gasteiger partial charge in [0, 0.05) is 6.04 Å². The van der Waals surface area contributed by atoms with Gasteiger partial charge in [0.1, 0.15) is 0 Å². The highest BCUT2D eigenvalue weighted by Crippen LogP contribution is 2.11. The van der Waals surface area contributed by atoms with Crippen LogP contribution in [0.2, 0.25) is 0 Å². The van der Waals surface area contributed by atoms with Gasteiger partial charge in [-0.15, -0.1) is 0 Å². The topological polar surface area (TPSA) is 52.0 Å². The van der Waals surface area contributed by atoms with Crippen LogP contribution in [-0.4, -0.2) is 6.54 Å². The highest BCUT2D eigenvalue weighted by atomic mass is 14.6. The molecule has 0 aliphatic carbocycles. The van der Waals surface area contributed by atoms with Gasteiger partial charge in [0.05, 0.1) is 0 Å². The van der Waals surface area contributed by atoms with Gasteiger partial charge in [0.15, 0.2) is 0 Å². The zero-order valence-electron chi connectivity index (χ0n) is 11.8. The van der Waals surface area contributed by atoms with Crippen molar-refractivity contribution in [2.24, 2.45) is 11.5 Å². The van der Waals surface area contributed by atoms with Crippen LogP contribution in [0.15, 0.2) is 60.7 Å². The van der Waals surface area contributed by atoms with E-state index in [-0.39, 0.29) is 6.04 Å². The first-order chi connectivity index (χ1) is 9.15. The predicted molar refractivity (Wildman–Crippen MR) is 83.0 cm³/mol. The summed E-state index contributed by atoms with van der Waals surface area (Å²) in [6.45, 7) is 4.84. The molecule has 0 spiro atoms. The highest BCUT2D eigenvalue weighted by molar-refractivity contribution is 5.19. The van der Waals surface area contributed by atoms with E-state index in [0.29, 0.717) is 5.92 Å². The molecule has 0 radical (unpaired) electrons. The van der Waals surface area contributed by atoms with Crippen molar-refractivity contribution in [2.45, 2.75) is 25.8 Å². The minimum Gasteiger partial charge on any atom is -0.330 e. The van der Waals surface area contributed by atoms with Gasteiger partial charge < -0.3 is 11.5 Å². The number of hydrogen-bond acceptors (Lipinski definition) is 2. The van der Waals surface area contributed by atoms with E-state index in [9.17, 15) is 0 Å². The average molecular weight is 256 g/mol. The van der Waals surface area contributed by atoms with Crippen LogP contribution < -0.4 is 11.5 Å². The van der Waals surface area contributed by atoms with Gasteiger partial charge in [0.25, 0.3) is 0 Å². The van der Waals surface area contributed by atoms with Gasteiger partial charge in [-0.2, -0.15) is 0 Å². The smallest absolute Gasteiger partial charge is 0.0266 e. The van der Waals surface area contributed by atoms with E-state index >= 15 is 0 Å². The number of benzene rings is 2. The van der Waals surface area contributed by atoms with Crippen LogP contribution >= 0.6 is 0 Å². The molecule has 2 rings (SSSR count). The molecule has 0 aromatic heterocycles. The van der Waals surface area contributed by atoms with Crippen molar-refractivity contribution < 1.29 is 0 Å². The van der Waals surface area contributed by atoms with Crippen LogP contribution in [0, 0.1) is 0 Å². The van der Waals surface area contributed by atoms with Crippen molar-refractivity contribution in [1.29, 1.82) is 0 Å². The fourth-order valence-electron chi connectivity index (χ4n) is 1.67. The average Bonchev–Trinajstić information content (AvgIpc) is 2.49. The van der Waals surface area contributed by atoms with Crippen LogP contribution in [0.3, 0.4) is 0 Å². The third-order valence-electron chi connectivity index (χ3n) is 3.05. The molecule has 0 aliphatic rings. The van der Waals surface area contributed by atoms with Crippen LogP contribution in [0.25, 0.3) is 0 Å². The molecule has 0 fully saturated rings. The van der Waals surface area contributed by atoms with Crippen molar-refractivity contribution in [2.75, 3.05) is 6.54 Å². The van der Waals surface area contributed by atoms with Crippen LogP contribution in [0.5, 0.6) is 0 Å². The Morgan fingerprint density at radius 2 is 1.21 bits per heavy atom. The van der Waals surface area contributed by atoms with Crippen molar-refractivity contribution in [3.8, 4) is 0 Å². The van der Waals surface area contributed by atoms with Crippen LogP contribution in [0.4, 0.5) is 0 Å². The second kappa shape index (κ2) is 8.46. The molecule has 19 heavy (non-hydrogen) atoms. The van der Waals surface area contributed by atoms with Gasteiger partial charge in [-0.25, -0.2) is 0 Å². The lowest BCUT2D eigenvalue weighted by Gasteiger charge is -2.06. The molecule has 0 heterocycles. The van der Waals surface area contributed by atoms with Gasteiger partial charge >= 0.3 is 0 Å². The zero-order chi connectivity index (χ0) is 14.1. The van der Waals surface area contributed by atoms with E-state index in [1.807, 2.05) is 55.5 Å². The monoisotopic (exact) mass is 256 g/mol. The highest BCUT2D eigenvalue weighted by Gasteiger charge is 1.99. The fraction of sp³-hybridized carbons (Fsp3) is 0.294. The summed E-state index contributed by atoms with van der Waals surface area (Å²) in [5, 5.41) is 0. The summed E-state index contributed by atoms with van der Waals surface area (Å²) in [7, 11) is 0. The summed E-state index contributed by atoms with van der Waals surface area (Å²) in [5.41, 5.74) is 13.6. The molecule has 2 nitrogen and oxygen atoms in total. The first-order valence-electron chi connectivity index (χ1n) is 6.70. The second-order valence-corrected chi connectivity index (χ2v) is 4.75. The molecule has 2 heteroatoms. The molecular formula is C17H24N2. The quantitative estimate of drug-likeness (QED) is 0.883. The Kier molecular flexibility index (Phi) is 6.86. The first kappa shape index (κ1) is 15.4. The summed E-state index contributed by atoms with van der Waals surface area (Å²) in [6, 6.07) is 20.5. The summed E-state index contributed by atoms with van der Waals surface area (Å²) >= 11 is 0. The Morgan fingerprint density at radius 1 is 0.789 bits per heavy atom. The van der Waals surface area contributed by atoms with E-state index in [1.54, 1.807) is 0 Å². The van der Waals surface area contributed by atoms with Crippen molar-refractivity contribution in [3.63, 3.8) is 0 Å². The van der Waals surface area contributed by atoms with E-state index in [2.05, 4.69) is 19.1 Å². The molecule has 4 N–H and O–H groups in total. The maximum Gasteiger partial charge on any atom is 0.0266 e. The molecule has 2 aromatic carbocycles. The summed E-state index contributed by atoms with van der Waals surface area (Å²) < 4.78 is 0. The maximum atomic E-state index is 5.61. The summed E-state index contributed by atoms with van der Waals surface area (Å²) in [5.74, 6) is 0.487. The SMILES string of the molecule is CC(CN)c1ccccc1.CC(N)c1ccccc1. The number of nitrogens with two attached hydrogens (primary N) is 2. The third kappa shape index (κ3) is 5.69. The Morgan fingerprint density at radius 3 is 1.53 bits per heavy atom. The third-order valence-corrected chi connectivity index (χ3v) is 3.05. The number of rotatable bonds is 3. The Balaban J connectivity index is 0.000000191. The maximum absolute atomic E-state index is 5.61. The van der Waals surface area contributed by atoms with Crippen LogP contribution in [-0.2, 0) is 0 Å². The lowest BCUT2D eigenvalue weighted by molar-refractivity contribution is 0.774. The molecular weight excluding hydrogens is 232 g/mol. The molecule has 2 aromatic rings. The van der Waals surface area contributed by atoms with E-state index in [1.165, 1.54) is 11.1 Å². The normalized spacial score (nSPS) is 13.1. The largest absolute Gasteiger partial charge is 0.330 e. The second-order valence-electron chi connectivity index (χ2n) is 4.75. The van der Waals surface area contributed by atoms with Crippen molar-refractivity contribution >= 4 is 0 Å². The molecule has 102 valence electrons. The van der Waals surface area contributed by atoms with E-state index < -0.39 is 0 Å². The standard InChI is InChI=1S/C9H13N.C8H11N/c1-8(7-10)9-5-3-2-4-6-9;1-7(9)8-5-3-2-4-6-8/h2-6,8H,7,10H2,1H3;2-7H,9H2,1H3. The van der Waals surface area contributed by atoms with Crippen molar-refractivity contribution in [3.05, 3.63) is 71.8 Å². The minimum atomic E-state index is 0.159. The lowest BCUT2D eigenvalue weighted by Crippen LogP contribution is -2.08. The Hall–Kier alpha value is -1.64. The fourth-order valence-corrected chi connectivity index (χ4v) is 1.67.